The Morgan fingerprint density at radius 2 is 2.10 bits per heavy atom. The van der Waals surface area contributed by atoms with Gasteiger partial charge in [-0.25, -0.2) is 0 Å². The summed E-state index contributed by atoms with van der Waals surface area (Å²) in [4.78, 5) is 0. The maximum absolute atomic E-state index is 5.74. The van der Waals surface area contributed by atoms with E-state index in [4.69, 9.17) is 10.5 Å². The highest BCUT2D eigenvalue weighted by Gasteiger charge is 2.05. The number of methoxy groups -OCH3 is 1. The van der Waals surface area contributed by atoms with Crippen LogP contribution in [0.5, 0.6) is 0 Å². The monoisotopic (exact) mass is 145 g/mol. The lowest BCUT2D eigenvalue weighted by Gasteiger charge is -2.14. The zero-order valence-electron chi connectivity index (χ0n) is 7.26. The van der Waals surface area contributed by atoms with Crippen LogP contribution in [0.1, 0.15) is 26.7 Å². The van der Waals surface area contributed by atoms with Crippen molar-refractivity contribution in [2.24, 2.45) is 11.7 Å². The van der Waals surface area contributed by atoms with Gasteiger partial charge in [0.15, 0.2) is 0 Å². The Hall–Kier alpha value is -0.0800. The third-order valence-electron chi connectivity index (χ3n) is 1.78. The van der Waals surface area contributed by atoms with Crippen LogP contribution in [0.25, 0.3) is 0 Å². The summed E-state index contributed by atoms with van der Waals surface area (Å²) < 4.78 is 4.92. The van der Waals surface area contributed by atoms with Crippen molar-refractivity contribution in [3.05, 3.63) is 0 Å². The second kappa shape index (κ2) is 5.69. The largest absolute Gasteiger partial charge is 0.383 e. The fraction of sp³-hybridized carbons (Fsp3) is 1.00. The highest BCUT2D eigenvalue weighted by molar-refractivity contribution is 4.63. The molecule has 2 heteroatoms. The Labute approximate surface area is 63.7 Å². The van der Waals surface area contributed by atoms with Gasteiger partial charge in [-0.3, -0.25) is 0 Å². The van der Waals surface area contributed by atoms with Gasteiger partial charge in [-0.2, -0.15) is 0 Å². The fourth-order valence-corrected chi connectivity index (χ4v) is 0.966. The standard InChI is InChI=1S/C8H19NO/c1-4-7(2)5-8(9)6-10-3/h7-8H,4-6,9H2,1-3H3. The highest BCUT2D eigenvalue weighted by Crippen LogP contribution is 2.07. The van der Waals surface area contributed by atoms with Gasteiger partial charge in [-0.15, -0.1) is 0 Å². The quantitative estimate of drug-likeness (QED) is 0.634. The third kappa shape index (κ3) is 4.77. The van der Waals surface area contributed by atoms with E-state index in [0.29, 0.717) is 6.61 Å². The number of nitrogens with two attached hydrogens (primary N) is 1. The zero-order chi connectivity index (χ0) is 7.98. The summed E-state index contributed by atoms with van der Waals surface area (Å²) in [7, 11) is 1.69. The molecule has 0 saturated heterocycles. The van der Waals surface area contributed by atoms with E-state index in [0.717, 1.165) is 12.3 Å². The molecular weight excluding hydrogens is 126 g/mol. The molecule has 0 amide bonds. The van der Waals surface area contributed by atoms with Crippen LogP contribution < -0.4 is 5.73 Å². The molecule has 0 aliphatic heterocycles. The summed E-state index contributed by atoms with van der Waals surface area (Å²) in [5.41, 5.74) is 5.74. The van der Waals surface area contributed by atoms with Gasteiger partial charge in [0, 0.05) is 13.2 Å². The third-order valence-corrected chi connectivity index (χ3v) is 1.78. The second-order valence-corrected chi connectivity index (χ2v) is 2.96. The fourth-order valence-electron chi connectivity index (χ4n) is 0.966. The van der Waals surface area contributed by atoms with Crippen molar-refractivity contribution >= 4 is 0 Å². The minimum Gasteiger partial charge on any atom is -0.383 e. The van der Waals surface area contributed by atoms with Crippen LogP contribution in [0.3, 0.4) is 0 Å². The number of ether oxygens (including phenoxy) is 1. The minimum atomic E-state index is 0.222. The smallest absolute Gasteiger partial charge is 0.0613 e. The number of hydrogen-bond acceptors (Lipinski definition) is 2. The van der Waals surface area contributed by atoms with Crippen molar-refractivity contribution in [2.45, 2.75) is 32.7 Å². The van der Waals surface area contributed by atoms with Gasteiger partial charge in [-0.05, 0) is 12.3 Å². The maximum Gasteiger partial charge on any atom is 0.0613 e. The van der Waals surface area contributed by atoms with E-state index in [9.17, 15) is 0 Å². The maximum atomic E-state index is 5.74. The lowest BCUT2D eigenvalue weighted by atomic mass is 10.0. The van der Waals surface area contributed by atoms with Gasteiger partial charge in [0.1, 0.15) is 0 Å². The van der Waals surface area contributed by atoms with Gasteiger partial charge >= 0.3 is 0 Å². The number of rotatable bonds is 5. The summed E-state index contributed by atoms with van der Waals surface area (Å²) in [6.45, 7) is 5.09. The van der Waals surface area contributed by atoms with Crippen molar-refractivity contribution in [1.29, 1.82) is 0 Å². The Morgan fingerprint density at radius 3 is 2.50 bits per heavy atom. The summed E-state index contributed by atoms with van der Waals surface area (Å²) in [5.74, 6) is 0.727. The lowest BCUT2D eigenvalue weighted by molar-refractivity contribution is 0.170. The molecule has 2 unspecified atom stereocenters. The van der Waals surface area contributed by atoms with E-state index in [-0.39, 0.29) is 6.04 Å². The minimum absolute atomic E-state index is 0.222. The number of hydrogen-bond donors (Lipinski definition) is 1. The van der Waals surface area contributed by atoms with E-state index in [1.807, 2.05) is 0 Å². The Bertz CT molecular complexity index is 75.7. The summed E-state index contributed by atoms with van der Waals surface area (Å²) in [6.07, 6.45) is 2.28. The van der Waals surface area contributed by atoms with Gasteiger partial charge in [0.25, 0.3) is 0 Å². The molecule has 0 bridgehead atoms. The average molecular weight is 145 g/mol. The van der Waals surface area contributed by atoms with Crippen molar-refractivity contribution in [3.8, 4) is 0 Å². The first-order valence-electron chi connectivity index (χ1n) is 3.95. The molecule has 0 fully saturated rings. The molecule has 0 aromatic heterocycles. The molecule has 2 nitrogen and oxygen atoms in total. The van der Waals surface area contributed by atoms with Gasteiger partial charge in [0.2, 0.25) is 0 Å². The van der Waals surface area contributed by atoms with E-state index in [2.05, 4.69) is 13.8 Å². The molecule has 2 atom stereocenters. The van der Waals surface area contributed by atoms with Crippen molar-refractivity contribution in [2.75, 3.05) is 13.7 Å². The molecule has 0 aliphatic rings. The Kier molecular flexibility index (Phi) is 5.64. The molecule has 0 rings (SSSR count). The van der Waals surface area contributed by atoms with Crippen LogP contribution in [-0.2, 0) is 4.74 Å². The zero-order valence-corrected chi connectivity index (χ0v) is 7.26. The highest BCUT2D eigenvalue weighted by atomic mass is 16.5. The van der Waals surface area contributed by atoms with Crippen molar-refractivity contribution < 1.29 is 4.74 Å². The summed E-state index contributed by atoms with van der Waals surface area (Å²) in [5, 5.41) is 0. The van der Waals surface area contributed by atoms with Crippen LogP contribution in [0, 0.1) is 5.92 Å². The van der Waals surface area contributed by atoms with Crippen LogP contribution in [-0.4, -0.2) is 19.8 Å². The molecule has 0 saturated carbocycles. The topological polar surface area (TPSA) is 35.2 Å². The second-order valence-electron chi connectivity index (χ2n) is 2.96. The average Bonchev–Trinajstić information content (AvgIpc) is 1.88. The molecule has 0 aromatic rings. The SMILES string of the molecule is CCC(C)CC(N)COC. The molecule has 10 heavy (non-hydrogen) atoms. The molecule has 0 aromatic carbocycles. The first kappa shape index (κ1) is 9.92. The predicted molar refractivity (Wildman–Crippen MR) is 43.9 cm³/mol. The van der Waals surface area contributed by atoms with E-state index in [1.165, 1.54) is 6.42 Å². The summed E-state index contributed by atoms with van der Waals surface area (Å²) >= 11 is 0. The van der Waals surface area contributed by atoms with E-state index >= 15 is 0 Å². The van der Waals surface area contributed by atoms with Crippen LogP contribution in [0.2, 0.25) is 0 Å². The molecule has 0 radical (unpaired) electrons. The molecule has 0 heterocycles. The van der Waals surface area contributed by atoms with Crippen molar-refractivity contribution in [3.63, 3.8) is 0 Å². The molecule has 0 spiro atoms. The van der Waals surface area contributed by atoms with Crippen molar-refractivity contribution in [1.82, 2.24) is 0 Å². The Morgan fingerprint density at radius 1 is 1.50 bits per heavy atom. The van der Waals surface area contributed by atoms with Crippen LogP contribution >= 0.6 is 0 Å². The Balaban J connectivity index is 3.27. The van der Waals surface area contributed by atoms with Gasteiger partial charge in [-0.1, -0.05) is 20.3 Å². The lowest BCUT2D eigenvalue weighted by Crippen LogP contribution is -2.27. The molecule has 62 valence electrons. The van der Waals surface area contributed by atoms with Gasteiger partial charge in [0.05, 0.1) is 6.61 Å². The van der Waals surface area contributed by atoms with Crippen LogP contribution in [0.15, 0.2) is 0 Å². The first-order chi connectivity index (χ1) is 4.70. The predicted octanol–water partition coefficient (Wildman–Crippen LogP) is 1.40. The molecule has 2 N–H and O–H groups in total. The molecule has 0 aliphatic carbocycles. The van der Waals surface area contributed by atoms with Gasteiger partial charge < -0.3 is 10.5 Å². The van der Waals surface area contributed by atoms with E-state index < -0.39 is 0 Å². The summed E-state index contributed by atoms with van der Waals surface area (Å²) in [6, 6.07) is 0.222. The van der Waals surface area contributed by atoms with E-state index in [1.54, 1.807) is 7.11 Å². The normalized spacial score (nSPS) is 16.8. The first-order valence-corrected chi connectivity index (χ1v) is 3.95. The molecular formula is C8H19NO. The van der Waals surface area contributed by atoms with Crippen LogP contribution in [0.4, 0.5) is 0 Å².